The summed E-state index contributed by atoms with van der Waals surface area (Å²) in [5, 5.41) is 23.6. The van der Waals surface area contributed by atoms with E-state index in [-0.39, 0.29) is 24.9 Å². The van der Waals surface area contributed by atoms with Gasteiger partial charge in [-0.25, -0.2) is 0 Å². The fourth-order valence-electron chi connectivity index (χ4n) is 6.89. The van der Waals surface area contributed by atoms with Crippen molar-refractivity contribution in [2.24, 2.45) is 0 Å². The number of hydrogen-bond acceptors (Lipinski definition) is 5. The monoisotopic (exact) mass is 760 g/mol. The van der Waals surface area contributed by atoms with Gasteiger partial charge in [-0.3, -0.25) is 9.59 Å². The maximum atomic E-state index is 13.1. The van der Waals surface area contributed by atoms with Crippen molar-refractivity contribution in [3.63, 3.8) is 0 Å². The summed E-state index contributed by atoms with van der Waals surface area (Å²) in [7, 11) is 0. The van der Waals surface area contributed by atoms with Crippen molar-refractivity contribution in [1.29, 1.82) is 0 Å². The normalized spacial score (nSPS) is 13.6. The van der Waals surface area contributed by atoms with E-state index in [1.165, 1.54) is 103 Å². The van der Waals surface area contributed by atoms with Gasteiger partial charge >= 0.3 is 5.97 Å². The molecule has 0 bridgehead atoms. The van der Waals surface area contributed by atoms with Gasteiger partial charge in [-0.15, -0.1) is 0 Å². The smallest absolute Gasteiger partial charge is 0.306 e. The Morgan fingerprint density at radius 3 is 1.52 bits per heavy atom. The van der Waals surface area contributed by atoms with Crippen molar-refractivity contribution >= 4 is 11.9 Å². The van der Waals surface area contributed by atoms with Crippen LogP contribution in [0.15, 0.2) is 36.5 Å². The van der Waals surface area contributed by atoms with Crippen LogP contribution in [-0.4, -0.2) is 46.9 Å². The molecule has 0 fully saturated rings. The van der Waals surface area contributed by atoms with Gasteiger partial charge in [-0.1, -0.05) is 186 Å². The van der Waals surface area contributed by atoms with Crippen molar-refractivity contribution in [1.82, 2.24) is 5.32 Å². The summed E-state index contributed by atoms with van der Waals surface area (Å²) in [6.45, 7) is 6.38. The van der Waals surface area contributed by atoms with Gasteiger partial charge in [-0.05, 0) is 70.6 Å². The second kappa shape index (κ2) is 42.2. The lowest BCUT2D eigenvalue weighted by molar-refractivity contribution is -0.151. The number of aliphatic hydroxyl groups excluding tert-OH is 2. The van der Waals surface area contributed by atoms with E-state index in [1.807, 2.05) is 0 Å². The van der Waals surface area contributed by atoms with Crippen LogP contribution in [0, 0.1) is 0 Å². The third kappa shape index (κ3) is 37.0. The second-order valence-corrected chi connectivity index (χ2v) is 15.8. The molecular formula is C48H89NO5. The zero-order valence-corrected chi connectivity index (χ0v) is 35.9. The van der Waals surface area contributed by atoms with E-state index in [9.17, 15) is 19.8 Å². The van der Waals surface area contributed by atoms with E-state index in [0.29, 0.717) is 19.3 Å². The molecule has 3 N–H and O–H groups in total. The lowest BCUT2D eigenvalue weighted by Crippen LogP contribution is -2.46. The van der Waals surface area contributed by atoms with Gasteiger partial charge in [0.25, 0.3) is 0 Å². The molecule has 0 heterocycles. The zero-order valence-electron chi connectivity index (χ0n) is 35.9. The summed E-state index contributed by atoms with van der Waals surface area (Å²) in [6.07, 6.45) is 47.8. The fraction of sp³-hybridized carbons (Fsp3) is 0.833. The van der Waals surface area contributed by atoms with Crippen LogP contribution in [0.1, 0.15) is 233 Å². The van der Waals surface area contributed by atoms with Crippen LogP contribution in [0.4, 0.5) is 0 Å². The molecule has 0 rings (SSSR count). The molecule has 54 heavy (non-hydrogen) atoms. The maximum Gasteiger partial charge on any atom is 0.306 e. The van der Waals surface area contributed by atoms with Gasteiger partial charge in [0.05, 0.1) is 25.2 Å². The van der Waals surface area contributed by atoms with E-state index >= 15 is 0 Å². The molecule has 0 saturated carbocycles. The third-order valence-corrected chi connectivity index (χ3v) is 10.5. The van der Waals surface area contributed by atoms with Crippen molar-refractivity contribution in [3.05, 3.63) is 36.5 Å². The standard InChI is InChI=1S/C48H89NO5/c1-4-7-10-13-16-19-21-22-23-24-25-26-28-30-33-36-39-44(54-48(53)41-38-35-32-29-20-17-14-11-8-5-2)42-47(52)49-45(43-50)46(51)40-37-34-31-27-18-15-12-9-6-3/h11,14,23-26,44-46,50-51H,4-10,12-13,15-22,27-43H2,1-3H3,(H,49,52)/b14-11-,24-23+,26-25+. The molecule has 0 spiro atoms. The van der Waals surface area contributed by atoms with E-state index < -0.39 is 18.2 Å². The Bertz CT molecular complexity index is 900. The molecule has 0 aliphatic carbocycles. The van der Waals surface area contributed by atoms with Crippen LogP contribution in [-0.2, 0) is 14.3 Å². The minimum Gasteiger partial charge on any atom is -0.462 e. The molecule has 0 aromatic carbocycles. The van der Waals surface area contributed by atoms with Crippen LogP contribution >= 0.6 is 0 Å². The highest BCUT2D eigenvalue weighted by atomic mass is 16.5. The van der Waals surface area contributed by atoms with Crippen LogP contribution < -0.4 is 5.32 Å². The lowest BCUT2D eigenvalue weighted by Gasteiger charge is -2.24. The molecule has 3 atom stereocenters. The number of ether oxygens (including phenoxy) is 1. The molecule has 6 heteroatoms. The van der Waals surface area contributed by atoms with Gasteiger partial charge in [-0.2, -0.15) is 0 Å². The number of carbonyl (C=O) groups is 2. The second-order valence-electron chi connectivity index (χ2n) is 15.8. The van der Waals surface area contributed by atoms with Gasteiger partial charge in [0.15, 0.2) is 0 Å². The molecule has 1 amide bonds. The number of nitrogens with one attached hydrogen (secondary N) is 1. The highest BCUT2D eigenvalue weighted by Crippen LogP contribution is 2.17. The predicted octanol–water partition coefficient (Wildman–Crippen LogP) is 13.3. The first-order valence-corrected chi connectivity index (χ1v) is 23.2. The average Bonchev–Trinajstić information content (AvgIpc) is 3.16. The number of allylic oxidation sites excluding steroid dienone is 6. The SMILES string of the molecule is CCC/C=C\CCCCCCCC(=O)OC(CCCCC/C=C/C=C/CCCCCCCCC)CC(=O)NC(CO)C(O)CCCCCCCCCCC. The summed E-state index contributed by atoms with van der Waals surface area (Å²) in [6, 6.07) is -0.707. The van der Waals surface area contributed by atoms with Crippen LogP contribution in [0.5, 0.6) is 0 Å². The maximum absolute atomic E-state index is 13.1. The van der Waals surface area contributed by atoms with E-state index in [0.717, 1.165) is 83.5 Å². The van der Waals surface area contributed by atoms with Crippen molar-refractivity contribution < 1.29 is 24.5 Å². The van der Waals surface area contributed by atoms with Crippen LogP contribution in [0.2, 0.25) is 0 Å². The molecule has 0 radical (unpaired) electrons. The Hall–Kier alpha value is -1.92. The molecule has 0 aliphatic rings. The zero-order chi connectivity index (χ0) is 39.6. The number of esters is 1. The van der Waals surface area contributed by atoms with E-state index in [1.54, 1.807) is 0 Å². The molecule has 316 valence electrons. The lowest BCUT2D eigenvalue weighted by atomic mass is 10.0. The summed E-state index contributed by atoms with van der Waals surface area (Å²) in [5.74, 6) is -0.511. The Morgan fingerprint density at radius 2 is 0.981 bits per heavy atom. The Kier molecular flexibility index (Phi) is 40.7. The topological polar surface area (TPSA) is 95.9 Å². The molecule has 0 aliphatic heterocycles. The minimum absolute atomic E-state index is 0.0575. The molecular weight excluding hydrogens is 671 g/mol. The van der Waals surface area contributed by atoms with Gasteiger partial charge in [0, 0.05) is 6.42 Å². The highest BCUT2D eigenvalue weighted by Gasteiger charge is 2.24. The number of rotatable bonds is 41. The Morgan fingerprint density at radius 1 is 0.537 bits per heavy atom. The highest BCUT2D eigenvalue weighted by molar-refractivity contribution is 5.77. The van der Waals surface area contributed by atoms with Crippen molar-refractivity contribution in [2.75, 3.05) is 6.61 Å². The number of amides is 1. The number of hydrogen-bond donors (Lipinski definition) is 3. The predicted molar refractivity (Wildman–Crippen MR) is 232 cm³/mol. The molecule has 3 unspecified atom stereocenters. The summed E-state index contributed by atoms with van der Waals surface area (Å²) in [4.78, 5) is 25.9. The fourth-order valence-corrected chi connectivity index (χ4v) is 6.89. The number of unbranched alkanes of at least 4 members (excludes halogenated alkanes) is 24. The van der Waals surface area contributed by atoms with E-state index in [4.69, 9.17) is 4.74 Å². The van der Waals surface area contributed by atoms with Crippen molar-refractivity contribution in [3.8, 4) is 0 Å². The average molecular weight is 760 g/mol. The number of carbonyl (C=O) groups excluding carboxylic acids is 2. The third-order valence-electron chi connectivity index (χ3n) is 10.5. The Labute approximate surface area is 334 Å². The first kappa shape index (κ1) is 52.1. The van der Waals surface area contributed by atoms with Gasteiger partial charge < -0.3 is 20.3 Å². The number of aliphatic hydroxyl groups is 2. The minimum atomic E-state index is -0.792. The Balaban J connectivity index is 4.65. The summed E-state index contributed by atoms with van der Waals surface area (Å²) in [5.41, 5.74) is 0. The van der Waals surface area contributed by atoms with Crippen LogP contribution in [0.3, 0.4) is 0 Å². The first-order valence-electron chi connectivity index (χ1n) is 23.2. The van der Waals surface area contributed by atoms with Gasteiger partial charge in [0.1, 0.15) is 6.10 Å². The summed E-state index contributed by atoms with van der Waals surface area (Å²) >= 11 is 0. The van der Waals surface area contributed by atoms with Crippen LogP contribution in [0.25, 0.3) is 0 Å². The first-order chi connectivity index (χ1) is 26.5. The van der Waals surface area contributed by atoms with Gasteiger partial charge in [0.2, 0.25) is 5.91 Å². The molecule has 6 nitrogen and oxygen atoms in total. The van der Waals surface area contributed by atoms with E-state index in [2.05, 4.69) is 62.5 Å². The largest absolute Gasteiger partial charge is 0.462 e. The quantitative estimate of drug-likeness (QED) is 0.0250. The summed E-state index contributed by atoms with van der Waals surface area (Å²) < 4.78 is 5.88. The van der Waals surface area contributed by atoms with Crippen molar-refractivity contribution in [2.45, 2.75) is 251 Å². The molecule has 0 aromatic heterocycles. The molecule has 0 aromatic rings. The molecule has 0 saturated heterocycles.